The Bertz CT molecular complexity index is 1410. The number of thioether (sulfide) groups is 1. The number of rotatable bonds is 8. The summed E-state index contributed by atoms with van der Waals surface area (Å²) in [5.41, 5.74) is 3.02. The molecule has 0 unspecified atom stereocenters. The zero-order valence-electron chi connectivity index (χ0n) is 19.8. The van der Waals surface area contributed by atoms with E-state index in [9.17, 15) is 19.2 Å². The van der Waals surface area contributed by atoms with E-state index in [1.54, 1.807) is 31.2 Å². The summed E-state index contributed by atoms with van der Waals surface area (Å²) >= 11 is 7.25. The lowest BCUT2D eigenvalue weighted by Crippen LogP contribution is -2.29. The molecule has 0 spiro atoms. The quantitative estimate of drug-likeness (QED) is 0.262. The topological polar surface area (TPSA) is 79.2 Å². The summed E-state index contributed by atoms with van der Waals surface area (Å²) in [4.78, 5) is 26.0. The molecule has 1 heterocycles. The number of Topliss-reactive ketones (excluding diaryl/α,β-unsaturated/α-hetero) is 1. The monoisotopic (exact) mass is 532 g/mol. The molecule has 3 aromatic carbocycles. The number of carbonyl (C=O) groups is 2. The van der Waals surface area contributed by atoms with Crippen molar-refractivity contribution in [2.24, 2.45) is 0 Å². The van der Waals surface area contributed by atoms with Crippen LogP contribution in [0, 0.1) is 17.1 Å². The van der Waals surface area contributed by atoms with Crippen molar-refractivity contribution in [3.8, 4) is 6.07 Å². The van der Waals surface area contributed by atoms with E-state index in [0.29, 0.717) is 32.4 Å². The molecule has 0 fully saturated rings. The molecule has 0 bridgehead atoms. The second-order valence-corrected chi connectivity index (χ2v) is 9.71. The maximum Gasteiger partial charge on any atom is 0.337 e. The van der Waals surface area contributed by atoms with Gasteiger partial charge in [-0.25, -0.2) is 9.18 Å². The lowest BCUT2D eigenvalue weighted by Gasteiger charge is -2.29. The molecule has 0 saturated heterocycles. The third-order valence-corrected chi connectivity index (χ3v) is 7.07. The van der Waals surface area contributed by atoms with E-state index in [1.165, 1.54) is 24.3 Å². The van der Waals surface area contributed by atoms with Gasteiger partial charge in [0.25, 0.3) is 0 Å². The summed E-state index contributed by atoms with van der Waals surface area (Å²) in [6.45, 7) is 1.82. The van der Waals surface area contributed by atoms with E-state index in [4.69, 9.17) is 16.3 Å². The van der Waals surface area contributed by atoms with Crippen molar-refractivity contribution in [3.05, 3.63) is 128 Å². The van der Waals surface area contributed by atoms with Gasteiger partial charge >= 0.3 is 5.97 Å². The molecule has 5 nitrogen and oxygen atoms in total. The van der Waals surface area contributed by atoms with Gasteiger partial charge in [0.1, 0.15) is 12.4 Å². The van der Waals surface area contributed by atoms with Gasteiger partial charge in [0, 0.05) is 16.3 Å². The van der Waals surface area contributed by atoms with Crippen LogP contribution >= 0.6 is 23.4 Å². The molecule has 8 heteroatoms. The number of allylic oxidation sites excluding steroid dienone is 2. The fourth-order valence-corrected chi connectivity index (χ4v) is 5.06. The molecule has 1 aliphatic rings. The van der Waals surface area contributed by atoms with Crippen molar-refractivity contribution in [1.82, 2.24) is 5.32 Å². The third-order valence-electron chi connectivity index (χ3n) is 5.80. The van der Waals surface area contributed by atoms with Crippen LogP contribution in [-0.2, 0) is 16.1 Å². The van der Waals surface area contributed by atoms with Crippen molar-refractivity contribution >= 4 is 35.1 Å². The predicted molar refractivity (Wildman–Crippen MR) is 142 cm³/mol. The Morgan fingerprint density at radius 2 is 1.73 bits per heavy atom. The minimum atomic E-state index is -0.713. The molecule has 0 radical (unpaired) electrons. The molecule has 0 amide bonds. The molecular weight excluding hydrogens is 511 g/mol. The Hall–Kier alpha value is -3.86. The van der Waals surface area contributed by atoms with Gasteiger partial charge in [0.2, 0.25) is 0 Å². The first-order valence-electron chi connectivity index (χ1n) is 11.4. The highest BCUT2D eigenvalue weighted by Crippen LogP contribution is 2.41. The third kappa shape index (κ3) is 6.29. The smallest absolute Gasteiger partial charge is 0.337 e. The van der Waals surface area contributed by atoms with Gasteiger partial charge in [-0.1, -0.05) is 65.8 Å². The Balaban J connectivity index is 1.63. The molecular formula is C29H22ClFN2O3S. The highest BCUT2D eigenvalue weighted by molar-refractivity contribution is 8.03. The first-order chi connectivity index (χ1) is 17.9. The number of hydrogen-bond acceptors (Lipinski definition) is 6. The Kier molecular flexibility index (Phi) is 8.44. The van der Waals surface area contributed by atoms with E-state index in [1.807, 2.05) is 30.3 Å². The average Bonchev–Trinajstić information content (AvgIpc) is 2.91. The lowest BCUT2D eigenvalue weighted by molar-refractivity contribution is -0.140. The molecule has 186 valence electrons. The summed E-state index contributed by atoms with van der Waals surface area (Å²) < 4.78 is 18.8. The number of benzene rings is 3. The largest absolute Gasteiger partial charge is 0.457 e. The second kappa shape index (κ2) is 11.9. The predicted octanol–water partition coefficient (Wildman–Crippen LogP) is 6.53. The Morgan fingerprint density at radius 3 is 2.38 bits per heavy atom. The van der Waals surface area contributed by atoms with E-state index in [2.05, 4.69) is 11.4 Å². The fraction of sp³-hybridized carbons (Fsp3) is 0.138. The minimum absolute atomic E-state index is 0.0214. The summed E-state index contributed by atoms with van der Waals surface area (Å²) in [7, 11) is 0. The fourth-order valence-electron chi connectivity index (χ4n) is 3.94. The van der Waals surface area contributed by atoms with Crippen molar-refractivity contribution in [2.75, 3.05) is 5.75 Å². The SMILES string of the molecule is CC1=C(C(=O)OCc2ccccc2)[C@@H](c2ccc(Cl)cc2)C(C#N)=C(SCC(=O)c2ccc(F)cc2)N1. The van der Waals surface area contributed by atoms with Crippen LogP contribution in [0.1, 0.15) is 34.3 Å². The molecule has 1 atom stereocenters. The van der Waals surface area contributed by atoms with E-state index < -0.39 is 17.7 Å². The van der Waals surface area contributed by atoms with Gasteiger partial charge in [-0.15, -0.1) is 0 Å². The summed E-state index contributed by atoms with van der Waals surface area (Å²) in [5.74, 6) is -1.88. The first kappa shape index (κ1) is 26.2. The normalized spacial score (nSPS) is 15.1. The van der Waals surface area contributed by atoms with Crippen LogP contribution in [0.2, 0.25) is 5.02 Å². The number of esters is 1. The number of nitrogens with zero attached hydrogens (tertiary/aromatic N) is 1. The van der Waals surface area contributed by atoms with Crippen LogP contribution in [0.25, 0.3) is 0 Å². The van der Waals surface area contributed by atoms with Crippen LogP contribution < -0.4 is 5.32 Å². The maximum atomic E-state index is 13.3. The van der Waals surface area contributed by atoms with Crippen LogP contribution in [0.15, 0.2) is 101 Å². The Morgan fingerprint density at radius 1 is 1.05 bits per heavy atom. The lowest BCUT2D eigenvalue weighted by atomic mass is 9.82. The number of ether oxygens (including phenoxy) is 1. The van der Waals surface area contributed by atoms with Crippen LogP contribution in [0.4, 0.5) is 4.39 Å². The number of hydrogen-bond donors (Lipinski definition) is 1. The van der Waals surface area contributed by atoms with Crippen LogP contribution in [0.5, 0.6) is 0 Å². The van der Waals surface area contributed by atoms with Crippen molar-refractivity contribution < 1.29 is 18.7 Å². The highest BCUT2D eigenvalue weighted by Gasteiger charge is 2.35. The van der Waals surface area contributed by atoms with E-state index in [0.717, 1.165) is 17.3 Å². The second-order valence-electron chi connectivity index (χ2n) is 8.28. The van der Waals surface area contributed by atoms with Crippen LogP contribution in [0.3, 0.4) is 0 Å². The molecule has 0 aromatic heterocycles. The zero-order chi connectivity index (χ0) is 26.4. The summed E-state index contributed by atoms with van der Waals surface area (Å²) in [6.07, 6.45) is 0. The number of nitriles is 1. The molecule has 1 N–H and O–H groups in total. The molecule has 3 aromatic rings. The number of carbonyl (C=O) groups excluding carboxylic acids is 2. The van der Waals surface area contributed by atoms with Gasteiger partial charge in [-0.05, 0) is 54.4 Å². The maximum absolute atomic E-state index is 13.3. The molecule has 0 aliphatic carbocycles. The highest BCUT2D eigenvalue weighted by atomic mass is 35.5. The van der Waals surface area contributed by atoms with E-state index >= 15 is 0 Å². The van der Waals surface area contributed by atoms with Gasteiger partial charge in [0.05, 0.1) is 33.9 Å². The van der Waals surface area contributed by atoms with Gasteiger partial charge < -0.3 is 10.1 Å². The molecule has 4 rings (SSSR count). The summed E-state index contributed by atoms with van der Waals surface area (Å²) in [6, 6.07) is 23.8. The van der Waals surface area contributed by atoms with Gasteiger partial charge in [-0.2, -0.15) is 5.26 Å². The van der Waals surface area contributed by atoms with E-state index in [-0.39, 0.29) is 23.7 Å². The minimum Gasteiger partial charge on any atom is -0.457 e. The standard InChI is InChI=1S/C29H22ClFN2O3S/c1-18-26(29(35)36-16-19-5-3-2-4-6-19)27(21-7-11-22(30)12-8-21)24(15-32)28(33-18)37-17-25(34)20-9-13-23(31)14-10-20/h2-14,27,33H,16-17H2,1H3/t27-/m0/s1. The van der Waals surface area contributed by atoms with Gasteiger partial charge in [-0.3, -0.25) is 4.79 Å². The molecule has 0 saturated carbocycles. The van der Waals surface area contributed by atoms with Gasteiger partial charge in [0.15, 0.2) is 5.78 Å². The summed E-state index contributed by atoms with van der Waals surface area (Å²) in [5, 5.41) is 14.3. The first-order valence-corrected chi connectivity index (χ1v) is 12.7. The van der Waals surface area contributed by atoms with Crippen LogP contribution in [-0.4, -0.2) is 17.5 Å². The average molecular weight is 533 g/mol. The van der Waals surface area contributed by atoms with Crippen molar-refractivity contribution in [2.45, 2.75) is 19.4 Å². The Labute approximate surface area is 223 Å². The number of dihydropyridines is 1. The number of halogens is 2. The van der Waals surface area contributed by atoms with Crippen molar-refractivity contribution in [3.63, 3.8) is 0 Å². The number of nitrogens with one attached hydrogen (secondary N) is 1. The zero-order valence-corrected chi connectivity index (χ0v) is 21.4. The van der Waals surface area contributed by atoms with Crippen molar-refractivity contribution in [1.29, 1.82) is 5.26 Å². The number of ketones is 1. The molecule has 1 aliphatic heterocycles. The molecule has 37 heavy (non-hydrogen) atoms.